The number of anilines is 1. The van der Waals surface area contributed by atoms with Crippen LogP contribution in [0.4, 0.5) is 5.13 Å². The summed E-state index contributed by atoms with van der Waals surface area (Å²) in [5.74, 6) is 0. The van der Waals surface area contributed by atoms with Crippen molar-refractivity contribution in [3.8, 4) is 0 Å². The highest BCUT2D eigenvalue weighted by atomic mass is 32.1. The molecule has 0 aliphatic carbocycles. The average molecular weight is 233 g/mol. The van der Waals surface area contributed by atoms with Gasteiger partial charge in [0.05, 0.1) is 23.3 Å². The first-order valence-corrected chi connectivity index (χ1v) is 5.63. The maximum absolute atomic E-state index is 10.5. The van der Waals surface area contributed by atoms with Crippen LogP contribution in [0, 0.1) is 0 Å². The van der Waals surface area contributed by atoms with E-state index >= 15 is 0 Å². The van der Waals surface area contributed by atoms with E-state index in [1.54, 1.807) is 12.4 Å². The summed E-state index contributed by atoms with van der Waals surface area (Å²) < 4.78 is 0. The highest BCUT2D eigenvalue weighted by molar-refractivity contribution is 7.17. The van der Waals surface area contributed by atoms with E-state index < -0.39 is 0 Å². The van der Waals surface area contributed by atoms with E-state index in [0.29, 0.717) is 11.4 Å². The summed E-state index contributed by atoms with van der Waals surface area (Å²) in [5, 5.41) is 0.827. The van der Waals surface area contributed by atoms with Crippen molar-refractivity contribution in [1.82, 2.24) is 9.97 Å². The molecule has 0 atom stereocenters. The fourth-order valence-electron chi connectivity index (χ4n) is 1.31. The molecule has 0 amide bonds. The van der Waals surface area contributed by atoms with Gasteiger partial charge in [0.1, 0.15) is 0 Å². The zero-order valence-corrected chi connectivity index (χ0v) is 9.65. The van der Waals surface area contributed by atoms with E-state index in [-0.39, 0.29) is 0 Å². The highest BCUT2D eigenvalue weighted by Crippen LogP contribution is 2.20. The third-order valence-corrected chi connectivity index (χ3v) is 3.12. The molecule has 0 aliphatic heterocycles. The molecular formula is C11H11N3OS. The van der Waals surface area contributed by atoms with Crippen LogP contribution in [0.15, 0.2) is 30.6 Å². The van der Waals surface area contributed by atoms with Gasteiger partial charge in [-0.2, -0.15) is 0 Å². The van der Waals surface area contributed by atoms with Crippen molar-refractivity contribution in [3.63, 3.8) is 0 Å². The minimum absolute atomic E-state index is 0.642. The molecule has 0 aliphatic rings. The van der Waals surface area contributed by atoms with Gasteiger partial charge in [0.25, 0.3) is 0 Å². The molecule has 0 radical (unpaired) electrons. The van der Waals surface area contributed by atoms with E-state index in [1.165, 1.54) is 11.3 Å². The molecule has 0 spiro atoms. The molecule has 0 saturated carbocycles. The quantitative estimate of drug-likeness (QED) is 0.758. The predicted octanol–water partition coefficient (Wildman–Crippen LogP) is 1.99. The van der Waals surface area contributed by atoms with E-state index in [0.717, 1.165) is 17.1 Å². The normalized spacial score (nSPS) is 10.1. The summed E-state index contributed by atoms with van der Waals surface area (Å²) in [6.45, 7) is 0.687. The standard InChI is InChI=1S/C11H11N3OS/c1-14(7-9-4-2-3-5-12-9)11-13-6-10(8-15)16-11/h2-6,8H,7H2,1H3. The number of hydrogen-bond acceptors (Lipinski definition) is 5. The Kier molecular flexibility index (Phi) is 3.26. The van der Waals surface area contributed by atoms with Crippen molar-refractivity contribution in [2.24, 2.45) is 0 Å². The molecule has 2 heterocycles. The fraction of sp³-hybridized carbons (Fsp3) is 0.182. The number of carbonyl (C=O) groups excluding carboxylic acids is 1. The van der Waals surface area contributed by atoms with Crippen LogP contribution >= 0.6 is 11.3 Å². The topological polar surface area (TPSA) is 46.1 Å². The Hall–Kier alpha value is -1.75. The molecule has 0 saturated heterocycles. The van der Waals surface area contributed by atoms with Crippen molar-refractivity contribution in [2.75, 3.05) is 11.9 Å². The second kappa shape index (κ2) is 4.85. The summed E-state index contributed by atoms with van der Waals surface area (Å²) in [5.41, 5.74) is 0.979. The molecule has 0 aromatic carbocycles. The first-order valence-electron chi connectivity index (χ1n) is 4.81. The molecule has 0 fully saturated rings. The summed E-state index contributed by atoms with van der Waals surface area (Å²) in [4.78, 5) is 21.6. The Bertz CT molecular complexity index is 469. The number of aromatic nitrogens is 2. The van der Waals surface area contributed by atoms with E-state index in [1.807, 2.05) is 30.1 Å². The third kappa shape index (κ3) is 2.43. The van der Waals surface area contributed by atoms with Crippen LogP contribution in [0.2, 0.25) is 0 Å². The monoisotopic (exact) mass is 233 g/mol. The van der Waals surface area contributed by atoms with Gasteiger partial charge in [-0.1, -0.05) is 17.4 Å². The van der Waals surface area contributed by atoms with Crippen molar-refractivity contribution in [1.29, 1.82) is 0 Å². The molecule has 0 bridgehead atoms. The average Bonchev–Trinajstić information content (AvgIpc) is 2.79. The summed E-state index contributed by atoms with van der Waals surface area (Å²) in [6.07, 6.45) is 4.17. The number of pyridine rings is 1. The lowest BCUT2D eigenvalue weighted by Gasteiger charge is -2.14. The Morgan fingerprint density at radius 1 is 1.44 bits per heavy atom. The molecule has 82 valence electrons. The second-order valence-electron chi connectivity index (χ2n) is 3.34. The van der Waals surface area contributed by atoms with Crippen molar-refractivity contribution < 1.29 is 4.79 Å². The van der Waals surface area contributed by atoms with Gasteiger partial charge in [-0.3, -0.25) is 9.78 Å². The number of nitrogens with zero attached hydrogens (tertiary/aromatic N) is 3. The van der Waals surface area contributed by atoms with Crippen LogP contribution < -0.4 is 4.90 Å². The van der Waals surface area contributed by atoms with Crippen molar-refractivity contribution >= 4 is 22.8 Å². The Morgan fingerprint density at radius 2 is 2.31 bits per heavy atom. The highest BCUT2D eigenvalue weighted by Gasteiger charge is 2.07. The fourth-order valence-corrected chi connectivity index (χ4v) is 2.00. The molecular weight excluding hydrogens is 222 g/mol. The lowest BCUT2D eigenvalue weighted by molar-refractivity contribution is 0.112. The minimum atomic E-state index is 0.642. The zero-order valence-electron chi connectivity index (χ0n) is 8.83. The molecule has 2 aromatic heterocycles. The van der Waals surface area contributed by atoms with Crippen LogP contribution in [-0.4, -0.2) is 23.3 Å². The van der Waals surface area contributed by atoms with Gasteiger partial charge in [0, 0.05) is 13.2 Å². The van der Waals surface area contributed by atoms with Crippen molar-refractivity contribution in [2.45, 2.75) is 6.54 Å². The van der Waals surface area contributed by atoms with Crippen LogP contribution in [0.1, 0.15) is 15.4 Å². The number of thiazole rings is 1. The van der Waals surface area contributed by atoms with Gasteiger partial charge in [0.15, 0.2) is 11.4 Å². The Balaban J connectivity index is 2.08. The van der Waals surface area contributed by atoms with Gasteiger partial charge in [-0.05, 0) is 12.1 Å². The summed E-state index contributed by atoms with van der Waals surface area (Å²) >= 11 is 1.38. The number of carbonyl (C=O) groups is 1. The van der Waals surface area contributed by atoms with Gasteiger partial charge >= 0.3 is 0 Å². The SMILES string of the molecule is CN(Cc1ccccn1)c1ncc(C=O)s1. The molecule has 0 unspecified atom stereocenters. The summed E-state index contributed by atoms with van der Waals surface area (Å²) in [6, 6.07) is 5.80. The van der Waals surface area contributed by atoms with Crippen molar-refractivity contribution in [3.05, 3.63) is 41.2 Å². The number of rotatable bonds is 4. The molecule has 2 aromatic rings. The largest absolute Gasteiger partial charge is 0.345 e. The predicted molar refractivity (Wildman–Crippen MR) is 63.8 cm³/mol. The smallest absolute Gasteiger partial charge is 0.186 e. The molecule has 4 nitrogen and oxygen atoms in total. The van der Waals surface area contributed by atoms with Gasteiger partial charge in [0.2, 0.25) is 0 Å². The van der Waals surface area contributed by atoms with E-state index in [9.17, 15) is 4.79 Å². The number of hydrogen-bond donors (Lipinski definition) is 0. The minimum Gasteiger partial charge on any atom is -0.345 e. The Labute approximate surface area is 97.6 Å². The van der Waals surface area contributed by atoms with Crippen LogP contribution in [0.5, 0.6) is 0 Å². The first-order chi connectivity index (χ1) is 7.79. The summed E-state index contributed by atoms with van der Waals surface area (Å²) in [7, 11) is 1.93. The molecule has 0 N–H and O–H groups in total. The third-order valence-electron chi connectivity index (χ3n) is 2.08. The maximum Gasteiger partial charge on any atom is 0.186 e. The molecule has 16 heavy (non-hydrogen) atoms. The van der Waals surface area contributed by atoms with Crippen LogP contribution in [0.25, 0.3) is 0 Å². The lowest BCUT2D eigenvalue weighted by atomic mass is 10.3. The zero-order chi connectivity index (χ0) is 11.4. The van der Waals surface area contributed by atoms with Gasteiger partial charge in [-0.15, -0.1) is 0 Å². The van der Waals surface area contributed by atoms with Gasteiger partial charge < -0.3 is 4.90 Å². The Morgan fingerprint density at radius 3 is 2.94 bits per heavy atom. The maximum atomic E-state index is 10.5. The lowest BCUT2D eigenvalue weighted by Crippen LogP contribution is -2.16. The molecule has 5 heteroatoms. The van der Waals surface area contributed by atoms with E-state index in [2.05, 4.69) is 9.97 Å². The second-order valence-corrected chi connectivity index (χ2v) is 4.38. The molecule has 2 rings (SSSR count). The van der Waals surface area contributed by atoms with Crippen LogP contribution in [0.3, 0.4) is 0 Å². The van der Waals surface area contributed by atoms with E-state index in [4.69, 9.17) is 0 Å². The first kappa shape index (κ1) is 10.8. The van der Waals surface area contributed by atoms with Crippen LogP contribution in [-0.2, 0) is 6.54 Å². The van der Waals surface area contributed by atoms with Gasteiger partial charge in [-0.25, -0.2) is 4.98 Å². The number of aldehydes is 1.